The molecule has 88 valence electrons. The topological polar surface area (TPSA) is 34.9 Å². The highest BCUT2D eigenvalue weighted by molar-refractivity contribution is 9.10. The average molecular weight is 293 g/mol. The molecule has 0 spiro atoms. The van der Waals surface area contributed by atoms with Gasteiger partial charge in [-0.15, -0.1) is 0 Å². The minimum Gasteiger partial charge on any atom is -0.298 e. The van der Waals surface area contributed by atoms with Gasteiger partial charge in [-0.1, -0.05) is 28.1 Å². The maximum Gasteiger partial charge on any atom is 0.151 e. The van der Waals surface area contributed by atoms with Crippen LogP contribution in [0.1, 0.15) is 12.6 Å². The lowest BCUT2D eigenvalue weighted by molar-refractivity contribution is -0.117. The number of nitrogens with zero attached hydrogens (tertiary/aromatic N) is 2. The quantitative estimate of drug-likeness (QED) is 0.871. The molecule has 0 aliphatic carbocycles. The fourth-order valence-electron chi connectivity index (χ4n) is 1.67. The number of halogens is 1. The van der Waals surface area contributed by atoms with E-state index in [4.69, 9.17) is 0 Å². The minimum absolute atomic E-state index is 0.108. The lowest BCUT2D eigenvalue weighted by atomic mass is 10.1. The van der Waals surface area contributed by atoms with Crippen molar-refractivity contribution >= 4 is 21.7 Å². The van der Waals surface area contributed by atoms with Gasteiger partial charge in [0.25, 0.3) is 0 Å². The Morgan fingerprint density at radius 1 is 1.41 bits per heavy atom. The molecule has 0 fully saturated rings. The maximum atomic E-state index is 11.1. The molecule has 0 bridgehead atoms. The number of aromatic nitrogens is 2. The first-order chi connectivity index (χ1) is 8.06. The molecule has 0 radical (unpaired) electrons. The average Bonchev–Trinajstić information content (AvgIpc) is 2.59. The zero-order valence-corrected chi connectivity index (χ0v) is 11.4. The van der Waals surface area contributed by atoms with Crippen molar-refractivity contribution in [2.45, 2.75) is 20.4 Å². The van der Waals surface area contributed by atoms with E-state index >= 15 is 0 Å². The summed E-state index contributed by atoms with van der Waals surface area (Å²) in [5.74, 6) is 0.108. The lowest BCUT2D eigenvalue weighted by Crippen LogP contribution is -2.09. The van der Waals surface area contributed by atoms with Gasteiger partial charge in [0, 0.05) is 15.7 Å². The second-order valence-corrected chi connectivity index (χ2v) is 4.96. The van der Waals surface area contributed by atoms with Crippen LogP contribution in [-0.2, 0) is 11.3 Å². The summed E-state index contributed by atoms with van der Waals surface area (Å²) in [7, 11) is 0. The summed E-state index contributed by atoms with van der Waals surface area (Å²) in [5.41, 5.74) is 2.94. The van der Waals surface area contributed by atoms with Crippen LogP contribution < -0.4 is 0 Å². The fourth-order valence-corrected chi connectivity index (χ4v) is 2.07. The molecule has 0 saturated heterocycles. The number of hydrogen-bond acceptors (Lipinski definition) is 2. The van der Waals surface area contributed by atoms with Crippen molar-refractivity contribution in [1.82, 2.24) is 9.78 Å². The van der Waals surface area contributed by atoms with Gasteiger partial charge in [0.1, 0.15) is 0 Å². The van der Waals surface area contributed by atoms with Crippen LogP contribution in [0.5, 0.6) is 0 Å². The molecule has 2 aromatic rings. The Morgan fingerprint density at radius 3 is 2.82 bits per heavy atom. The third-order valence-electron chi connectivity index (χ3n) is 2.47. The van der Waals surface area contributed by atoms with Crippen LogP contribution in [0.2, 0.25) is 0 Å². The Morgan fingerprint density at radius 2 is 2.18 bits per heavy atom. The van der Waals surface area contributed by atoms with Gasteiger partial charge in [-0.05, 0) is 32.0 Å². The third-order valence-corrected chi connectivity index (χ3v) is 2.97. The first-order valence-electron chi connectivity index (χ1n) is 5.36. The standard InChI is InChI=1S/C13H13BrN2O/c1-9-6-13(15-16(9)8-10(2)17)11-4-3-5-12(14)7-11/h3-7H,8H2,1-2H3. The molecule has 3 nitrogen and oxygen atoms in total. The van der Waals surface area contributed by atoms with Crippen molar-refractivity contribution in [1.29, 1.82) is 0 Å². The molecule has 0 amide bonds. The van der Waals surface area contributed by atoms with Crippen LogP contribution >= 0.6 is 15.9 Å². The highest BCUT2D eigenvalue weighted by Crippen LogP contribution is 2.22. The summed E-state index contributed by atoms with van der Waals surface area (Å²) >= 11 is 3.44. The van der Waals surface area contributed by atoms with Crippen molar-refractivity contribution in [3.8, 4) is 11.3 Å². The van der Waals surface area contributed by atoms with Crippen molar-refractivity contribution in [3.05, 3.63) is 40.5 Å². The second-order valence-electron chi connectivity index (χ2n) is 4.04. The van der Waals surface area contributed by atoms with E-state index in [1.807, 2.05) is 37.3 Å². The Labute approximate surface area is 109 Å². The maximum absolute atomic E-state index is 11.1. The predicted molar refractivity (Wildman–Crippen MR) is 70.8 cm³/mol. The molecule has 0 atom stereocenters. The highest BCUT2D eigenvalue weighted by Gasteiger charge is 2.07. The van der Waals surface area contributed by atoms with E-state index in [9.17, 15) is 4.79 Å². The van der Waals surface area contributed by atoms with Gasteiger partial charge in [0.15, 0.2) is 5.78 Å². The molecule has 1 aromatic carbocycles. The number of aryl methyl sites for hydroxylation is 1. The lowest BCUT2D eigenvalue weighted by Gasteiger charge is -2.00. The van der Waals surface area contributed by atoms with Gasteiger partial charge >= 0.3 is 0 Å². The largest absolute Gasteiger partial charge is 0.298 e. The Kier molecular flexibility index (Phi) is 3.43. The molecular weight excluding hydrogens is 280 g/mol. The van der Waals surface area contributed by atoms with Crippen LogP contribution in [0.3, 0.4) is 0 Å². The van der Waals surface area contributed by atoms with Crippen LogP contribution in [0.4, 0.5) is 0 Å². The fraction of sp³-hybridized carbons (Fsp3) is 0.231. The van der Waals surface area contributed by atoms with Crippen molar-refractivity contribution in [2.24, 2.45) is 0 Å². The number of Topliss-reactive ketones (excluding diaryl/α,β-unsaturated/α-hetero) is 1. The summed E-state index contributed by atoms with van der Waals surface area (Å²) < 4.78 is 2.76. The Hall–Kier alpha value is -1.42. The molecule has 1 aromatic heterocycles. The van der Waals surface area contributed by atoms with E-state index < -0.39 is 0 Å². The van der Waals surface area contributed by atoms with Crippen LogP contribution in [0.15, 0.2) is 34.8 Å². The van der Waals surface area contributed by atoms with Crippen molar-refractivity contribution in [3.63, 3.8) is 0 Å². The van der Waals surface area contributed by atoms with Crippen LogP contribution in [0.25, 0.3) is 11.3 Å². The zero-order valence-electron chi connectivity index (χ0n) is 9.77. The number of ketones is 1. The first kappa shape index (κ1) is 12.0. The summed E-state index contributed by atoms with van der Waals surface area (Å²) in [5, 5.41) is 4.44. The smallest absolute Gasteiger partial charge is 0.151 e. The normalized spacial score (nSPS) is 10.5. The van der Waals surface area contributed by atoms with Crippen LogP contribution in [-0.4, -0.2) is 15.6 Å². The van der Waals surface area contributed by atoms with Gasteiger partial charge in [-0.3, -0.25) is 9.48 Å². The summed E-state index contributed by atoms with van der Waals surface area (Å²) in [6.45, 7) is 3.86. The Bertz CT molecular complexity index is 560. The van der Waals surface area contributed by atoms with E-state index in [2.05, 4.69) is 21.0 Å². The number of carbonyl (C=O) groups is 1. The van der Waals surface area contributed by atoms with E-state index in [0.29, 0.717) is 6.54 Å². The van der Waals surface area contributed by atoms with Gasteiger partial charge in [0.2, 0.25) is 0 Å². The minimum atomic E-state index is 0.108. The number of hydrogen-bond donors (Lipinski definition) is 0. The van der Waals surface area contributed by atoms with Gasteiger partial charge in [-0.25, -0.2) is 0 Å². The first-order valence-corrected chi connectivity index (χ1v) is 6.15. The molecule has 1 heterocycles. The second kappa shape index (κ2) is 4.84. The molecule has 0 aliphatic heterocycles. The third kappa shape index (κ3) is 2.82. The molecule has 17 heavy (non-hydrogen) atoms. The monoisotopic (exact) mass is 292 g/mol. The van der Waals surface area contributed by atoms with E-state index in [-0.39, 0.29) is 5.78 Å². The van der Waals surface area contributed by atoms with Gasteiger partial charge in [0.05, 0.1) is 12.2 Å². The molecule has 0 N–H and O–H groups in total. The van der Waals surface area contributed by atoms with Gasteiger partial charge < -0.3 is 0 Å². The Balaban J connectivity index is 2.37. The molecular formula is C13H13BrN2O. The van der Waals surface area contributed by atoms with E-state index in [1.54, 1.807) is 11.6 Å². The predicted octanol–water partition coefficient (Wildman–Crippen LogP) is 3.21. The van der Waals surface area contributed by atoms with Gasteiger partial charge in [-0.2, -0.15) is 5.10 Å². The summed E-state index contributed by atoms with van der Waals surface area (Å²) in [6, 6.07) is 9.96. The van der Waals surface area contributed by atoms with Crippen molar-refractivity contribution in [2.75, 3.05) is 0 Å². The molecule has 0 saturated carbocycles. The SMILES string of the molecule is CC(=O)Cn1nc(-c2cccc(Br)c2)cc1C. The highest BCUT2D eigenvalue weighted by atomic mass is 79.9. The molecule has 4 heteroatoms. The van der Waals surface area contributed by atoms with Crippen molar-refractivity contribution < 1.29 is 4.79 Å². The summed E-state index contributed by atoms with van der Waals surface area (Å²) in [4.78, 5) is 11.1. The zero-order chi connectivity index (χ0) is 12.4. The number of carbonyl (C=O) groups excluding carboxylic acids is 1. The number of rotatable bonds is 3. The van der Waals surface area contributed by atoms with Crippen LogP contribution in [0, 0.1) is 6.92 Å². The molecule has 0 unspecified atom stereocenters. The number of benzene rings is 1. The van der Waals surface area contributed by atoms with E-state index in [0.717, 1.165) is 21.4 Å². The molecule has 2 rings (SSSR count). The molecule has 0 aliphatic rings. The summed E-state index contributed by atoms with van der Waals surface area (Å²) in [6.07, 6.45) is 0. The van der Waals surface area contributed by atoms with E-state index in [1.165, 1.54) is 0 Å².